The highest BCUT2D eigenvalue weighted by atomic mass is 19.1. The van der Waals surface area contributed by atoms with Gasteiger partial charge >= 0.3 is 0 Å². The molecule has 2 heterocycles. The molecule has 0 saturated carbocycles. The van der Waals surface area contributed by atoms with Crippen LogP contribution in [-0.4, -0.2) is 21.0 Å². The van der Waals surface area contributed by atoms with E-state index in [1.165, 1.54) is 42.5 Å². The van der Waals surface area contributed by atoms with Crippen LogP contribution in [0.2, 0.25) is 0 Å². The van der Waals surface area contributed by atoms with Gasteiger partial charge in [0.25, 0.3) is 0 Å². The van der Waals surface area contributed by atoms with Crippen molar-refractivity contribution in [1.82, 2.24) is 9.97 Å². The summed E-state index contributed by atoms with van der Waals surface area (Å²) >= 11 is 0. The summed E-state index contributed by atoms with van der Waals surface area (Å²) in [6.07, 6.45) is 0. The Labute approximate surface area is 146 Å². The minimum Gasteiger partial charge on any atom is -0.409 e. The molecule has 0 aliphatic rings. The lowest BCUT2D eigenvalue weighted by atomic mass is 9.73. The number of hydrogen-bond acceptors (Lipinski definition) is 4. The molecule has 0 radical (unpaired) electrons. The first kappa shape index (κ1) is 17.4. The zero-order valence-corrected chi connectivity index (χ0v) is 13.3. The van der Waals surface area contributed by atoms with E-state index >= 15 is 0 Å². The second-order valence-corrected chi connectivity index (χ2v) is 5.44. The SMILES string of the molecule is NC(=NO)C(c1cccc(F)c1)(c1cccc(F)n1)c1cccc(F)n1. The van der Waals surface area contributed by atoms with Crippen molar-refractivity contribution >= 4 is 5.84 Å². The van der Waals surface area contributed by atoms with Crippen LogP contribution < -0.4 is 5.73 Å². The van der Waals surface area contributed by atoms with Crippen LogP contribution in [-0.2, 0) is 5.41 Å². The number of rotatable bonds is 4. The van der Waals surface area contributed by atoms with Gasteiger partial charge in [0.1, 0.15) is 11.2 Å². The van der Waals surface area contributed by atoms with Crippen LogP contribution in [0.4, 0.5) is 13.2 Å². The second kappa shape index (κ2) is 6.83. The molecular weight excluding hydrogens is 345 g/mol. The monoisotopic (exact) mass is 358 g/mol. The number of amidine groups is 1. The van der Waals surface area contributed by atoms with Crippen molar-refractivity contribution in [2.45, 2.75) is 5.41 Å². The van der Waals surface area contributed by atoms with E-state index in [0.717, 1.165) is 18.2 Å². The lowest BCUT2D eigenvalue weighted by Gasteiger charge is -2.32. The highest BCUT2D eigenvalue weighted by Gasteiger charge is 2.44. The van der Waals surface area contributed by atoms with Crippen molar-refractivity contribution in [1.29, 1.82) is 0 Å². The quantitative estimate of drug-likeness (QED) is 0.247. The summed E-state index contributed by atoms with van der Waals surface area (Å²) in [5.41, 5.74) is 4.20. The first-order chi connectivity index (χ1) is 12.5. The van der Waals surface area contributed by atoms with Gasteiger partial charge in [0, 0.05) is 0 Å². The Morgan fingerprint density at radius 3 is 1.88 bits per heavy atom. The summed E-state index contributed by atoms with van der Waals surface area (Å²) in [5, 5.41) is 12.4. The van der Waals surface area contributed by atoms with E-state index in [-0.39, 0.29) is 17.0 Å². The lowest BCUT2D eigenvalue weighted by molar-refractivity contribution is 0.314. The molecule has 0 unspecified atom stereocenters. The highest BCUT2D eigenvalue weighted by molar-refractivity contribution is 5.97. The van der Waals surface area contributed by atoms with Crippen molar-refractivity contribution in [3.05, 3.63) is 95.3 Å². The largest absolute Gasteiger partial charge is 0.409 e. The van der Waals surface area contributed by atoms with Gasteiger partial charge in [-0.1, -0.05) is 29.4 Å². The standard InChI is InChI=1S/C18H13F3N4O/c19-12-5-1-4-11(10-12)18(17(22)25-26,13-6-2-8-15(20)23-13)14-7-3-9-16(21)24-14/h1-10,26H,(H2,22,25). The topological polar surface area (TPSA) is 84.4 Å². The van der Waals surface area contributed by atoms with Gasteiger partial charge in [0.15, 0.2) is 5.84 Å². The molecule has 0 aliphatic heterocycles. The number of pyridine rings is 2. The lowest BCUT2D eigenvalue weighted by Crippen LogP contribution is -2.45. The molecular formula is C18H13F3N4O. The molecule has 26 heavy (non-hydrogen) atoms. The molecule has 8 heteroatoms. The number of nitrogens with zero attached hydrogens (tertiary/aromatic N) is 3. The molecule has 2 aromatic heterocycles. The van der Waals surface area contributed by atoms with E-state index in [4.69, 9.17) is 5.73 Å². The van der Waals surface area contributed by atoms with Crippen LogP contribution in [0.5, 0.6) is 0 Å². The van der Waals surface area contributed by atoms with Gasteiger partial charge in [-0.2, -0.15) is 8.78 Å². The summed E-state index contributed by atoms with van der Waals surface area (Å²) in [5.74, 6) is -2.78. The third-order valence-electron chi connectivity index (χ3n) is 3.95. The Balaban J connectivity index is 2.47. The van der Waals surface area contributed by atoms with E-state index in [1.54, 1.807) is 0 Å². The molecule has 5 nitrogen and oxygen atoms in total. The minimum absolute atomic E-state index is 0.0449. The van der Waals surface area contributed by atoms with E-state index in [0.29, 0.717) is 0 Å². The predicted octanol–water partition coefficient (Wildman–Crippen LogP) is 2.97. The third kappa shape index (κ3) is 2.85. The Bertz CT molecular complexity index is 867. The van der Waals surface area contributed by atoms with Crippen molar-refractivity contribution in [2.24, 2.45) is 10.9 Å². The predicted molar refractivity (Wildman–Crippen MR) is 88.1 cm³/mol. The van der Waals surface area contributed by atoms with Crippen molar-refractivity contribution in [2.75, 3.05) is 0 Å². The van der Waals surface area contributed by atoms with Crippen molar-refractivity contribution < 1.29 is 18.4 Å². The Hall–Kier alpha value is -3.42. The fourth-order valence-electron chi connectivity index (χ4n) is 2.87. The van der Waals surface area contributed by atoms with Gasteiger partial charge in [0.2, 0.25) is 11.9 Å². The molecule has 0 fully saturated rings. The summed E-state index contributed by atoms with van der Waals surface area (Å²) in [6.45, 7) is 0. The molecule has 0 saturated heterocycles. The molecule has 0 amide bonds. The fraction of sp³-hybridized carbons (Fsp3) is 0.0556. The minimum atomic E-state index is -1.80. The first-order valence-electron chi connectivity index (χ1n) is 7.48. The average molecular weight is 358 g/mol. The zero-order chi connectivity index (χ0) is 18.7. The molecule has 0 bridgehead atoms. The van der Waals surface area contributed by atoms with Gasteiger partial charge in [-0.25, -0.2) is 14.4 Å². The van der Waals surface area contributed by atoms with Crippen LogP contribution in [0, 0.1) is 17.7 Å². The Kier molecular flexibility index (Phi) is 4.57. The number of benzene rings is 1. The molecule has 1 aromatic carbocycles. The maximum Gasteiger partial charge on any atom is 0.213 e. The maximum atomic E-state index is 13.9. The molecule has 0 spiro atoms. The smallest absolute Gasteiger partial charge is 0.213 e. The maximum absolute atomic E-state index is 13.9. The normalized spacial score (nSPS) is 12.2. The second-order valence-electron chi connectivity index (χ2n) is 5.44. The van der Waals surface area contributed by atoms with Crippen LogP contribution in [0.15, 0.2) is 65.8 Å². The number of aromatic nitrogens is 2. The van der Waals surface area contributed by atoms with E-state index in [1.807, 2.05) is 0 Å². The van der Waals surface area contributed by atoms with Gasteiger partial charge in [-0.15, -0.1) is 0 Å². The summed E-state index contributed by atoms with van der Waals surface area (Å²) in [4.78, 5) is 7.61. The summed E-state index contributed by atoms with van der Waals surface area (Å²) in [6, 6.07) is 12.9. The van der Waals surface area contributed by atoms with E-state index in [2.05, 4.69) is 15.1 Å². The Morgan fingerprint density at radius 2 is 1.42 bits per heavy atom. The molecule has 3 aromatic rings. The van der Waals surface area contributed by atoms with Gasteiger partial charge in [-0.3, -0.25) is 0 Å². The number of oxime groups is 1. The summed E-state index contributed by atoms with van der Waals surface area (Å²) in [7, 11) is 0. The molecule has 132 valence electrons. The van der Waals surface area contributed by atoms with Crippen LogP contribution >= 0.6 is 0 Å². The fourth-order valence-corrected chi connectivity index (χ4v) is 2.87. The zero-order valence-electron chi connectivity index (χ0n) is 13.3. The van der Waals surface area contributed by atoms with Crippen molar-refractivity contribution in [3.8, 4) is 0 Å². The van der Waals surface area contributed by atoms with Gasteiger partial charge in [0.05, 0.1) is 11.4 Å². The van der Waals surface area contributed by atoms with Gasteiger partial charge < -0.3 is 10.9 Å². The van der Waals surface area contributed by atoms with Crippen LogP contribution in [0.3, 0.4) is 0 Å². The Morgan fingerprint density at radius 1 is 0.885 bits per heavy atom. The number of nitrogens with two attached hydrogens (primary N) is 1. The van der Waals surface area contributed by atoms with E-state index < -0.39 is 29.0 Å². The molecule has 3 rings (SSSR count). The van der Waals surface area contributed by atoms with Crippen molar-refractivity contribution in [3.63, 3.8) is 0 Å². The molecule has 0 aliphatic carbocycles. The average Bonchev–Trinajstić information content (AvgIpc) is 2.62. The summed E-state index contributed by atoms with van der Waals surface area (Å²) < 4.78 is 41.6. The third-order valence-corrected chi connectivity index (χ3v) is 3.95. The number of hydrogen-bond donors (Lipinski definition) is 2. The highest BCUT2D eigenvalue weighted by Crippen LogP contribution is 2.38. The van der Waals surface area contributed by atoms with Gasteiger partial charge in [-0.05, 0) is 42.0 Å². The van der Waals surface area contributed by atoms with Crippen LogP contribution in [0.1, 0.15) is 17.0 Å². The van der Waals surface area contributed by atoms with Crippen LogP contribution in [0.25, 0.3) is 0 Å². The number of halogens is 3. The molecule has 0 atom stereocenters. The molecule has 3 N–H and O–H groups in total. The van der Waals surface area contributed by atoms with E-state index in [9.17, 15) is 18.4 Å². The first-order valence-corrected chi connectivity index (χ1v) is 7.48.